The topological polar surface area (TPSA) is 75.2 Å². The molecule has 2 rings (SSSR count). The summed E-state index contributed by atoms with van der Waals surface area (Å²) in [6.45, 7) is 9.56. The van der Waals surface area contributed by atoms with Crippen LogP contribution in [-0.2, 0) is 10.0 Å². The molecule has 0 radical (unpaired) electrons. The zero-order valence-corrected chi connectivity index (χ0v) is 15.5. The number of nitrogens with zero attached hydrogens (tertiary/aromatic N) is 3. The smallest absolute Gasteiger partial charge is 0.211 e. The Kier molecular flexibility index (Phi) is 5.62. The number of aromatic nitrogens is 2. The maximum Gasteiger partial charge on any atom is 0.211 e. The molecular formula is C16H28N4O2S. The van der Waals surface area contributed by atoms with Gasteiger partial charge in [0.25, 0.3) is 0 Å². The van der Waals surface area contributed by atoms with E-state index in [-0.39, 0.29) is 12.0 Å². The van der Waals surface area contributed by atoms with Gasteiger partial charge < -0.3 is 5.32 Å². The molecular weight excluding hydrogens is 312 g/mol. The summed E-state index contributed by atoms with van der Waals surface area (Å²) in [5.74, 6) is 2.34. The molecule has 1 saturated heterocycles. The van der Waals surface area contributed by atoms with Gasteiger partial charge in [-0.25, -0.2) is 22.7 Å². The molecule has 0 aliphatic carbocycles. The first-order chi connectivity index (χ1) is 10.7. The van der Waals surface area contributed by atoms with Gasteiger partial charge >= 0.3 is 0 Å². The molecule has 1 N–H and O–H groups in total. The molecule has 1 aliphatic heterocycles. The summed E-state index contributed by atoms with van der Waals surface area (Å²) in [5, 5.41) is 3.47. The van der Waals surface area contributed by atoms with Crippen LogP contribution in [0.25, 0.3) is 0 Å². The van der Waals surface area contributed by atoms with E-state index in [0.29, 0.717) is 19.0 Å². The van der Waals surface area contributed by atoms with Gasteiger partial charge in [0.05, 0.1) is 6.26 Å². The molecule has 23 heavy (non-hydrogen) atoms. The number of rotatable bonds is 5. The summed E-state index contributed by atoms with van der Waals surface area (Å²) >= 11 is 0. The van der Waals surface area contributed by atoms with E-state index in [9.17, 15) is 8.42 Å². The summed E-state index contributed by atoms with van der Waals surface area (Å²) in [7, 11) is -3.08. The van der Waals surface area contributed by atoms with Crippen LogP contribution < -0.4 is 5.32 Å². The van der Waals surface area contributed by atoms with E-state index in [0.717, 1.165) is 30.2 Å². The van der Waals surface area contributed by atoms with E-state index in [2.05, 4.69) is 43.0 Å². The third-order valence-electron chi connectivity index (χ3n) is 4.15. The number of sulfonamides is 1. The van der Waals surface area contributed by atoms with Crippen LogP contribution in [0.5, 0.6) is 0 Å². The highest BCUT2D eigenvalue weighted by molar-refractivity contribution is 7.88. The lowest BCUT2D eigenvalue weighted by atomic mass is 10.1. The Morgan fingerprint density at radius 2 is 1.74 bits per heavy atom. The molecule has 0 bridgehead atoms. The van der Waals surface area contributed by atoms with Crippen molar-refractivity contribution < 1.29 is 8.42 Å². The average molecular weight is 340 g/mol. The summed E-state index contributed by atoms with van der Waals surface area (Å²) in [4.78, 5) is 9.25. The summed E-state index contributed by atoms with van der Waals surface area (Å²) in [6, 6.07) is 2.27. The van der Waals surface area contributed by atoms with E-state index in [1.807, 2.05) is 6.07 Å². The summed E-state index contributed by atoms with van der Waals surface area (Å²) in [6.07, 6.45) is 2.87. The molecule has 0 atom stereocenters. The van der Waals surface area contributed by atoms with Gasteiger partial charge in [0, 0.05) is 36.8 Å². The predicted molar refractivity (Wildman–Crippen MR) is 93.3 cm³/mol. The first kappa shape index (κ1) is 18.1. The van der Waals surface area contributed by atoms with Crippen LogP contribution in [0.3, 0.4) is 0 Å². The van der Waals surface area contributed by atoms with Crippen LogP contribution in [0.1, 0.15) is 63.9 Å². The molecule has 1 fully saturated rings. The lowest BCUT2D eigenvalue weighted by Gasteiger charge is -2.31. The molecule has 0 amide bonds. The van der Waals surface area contributed by atoms with E-state index in [1.54, 1.807) is 4.31 Å². The Balaban J connectivity index is 2.09. The fraction of sp³-hybridized carbons (Fsp3) is 0.750. The highest BCUT2D eigenvalue weighted by Gasteiger charge is 2.25. The fourth-order valence-electron chi connectivity index (χ4n) is 2.65. The minimum atomic E-state index is -3.08. The molecule has 130 valence electrons. The normalized spacial score (nSPS) is 17.9. The molecule has 1 aliphatic rings. The zero-order valence-electron chi connectivity index (χ0n) is 14.7. The molecule has 0 saturated carbocycles. The number of hydrogen-bond donors (Lipinski definition) is 1. The van der Waals surface area contributed by atoms with Crippen molar-refractivity contribution in [1.82, 2.24) is 14.3 Å². The van der Waals surface area contributed by atoms with Crippen molar-refractivity contribution in [3.05, 3.63) is 17.6 Å². The third-order valence-corrected chi connectivity index (χ3v) is 5.45. The zero-order chi connectivity index (χ0) is 17.2. The Hall–Kier alpha value is -1.21. The minimum Gasteiger partial charge on any atom is -0.367 e. The third kappa shape index (κ3) is 4.88. The highest BCUT2D eigenvalue weighted by atomic mass is 32.2. The molecule has 0 spiro atoms. The van der Waals surface area contributed by atoms with Gasteiger partial charge in [-0.2, -0.15) is 0 Å². The van der Waals surface area contributed by atoms with Crippen LogP contribution in [-0.4, -0.2) is 48.1 Å². The van der Waals surface area contributed by atoms with Gasteiger partial charge in [0.1, 0.15) is 11.6 Å². The molecule has 1 aromatic heterocycles. The number of anilines is 1. The van der Waals surface area contributed by atoms with Crippen LogP contribution in [0.15, 0.2) is 6.07 Å². The second-order valence-corrected chi connectivity index (χ2v) is 8.91. The van der Waals surface area contributed by atoms with E-state index >= 15 is 0 Å². The first-order valence-corrected chi connectivity index (χ1v) is 10.1. The van der Waals surface area contributed by atoms with Gasteiger partial charge in [-0.1, -0.05) is 27.7 Å². The highest BCUT2D eigenvalue weighted by Crippen LogP contribution is 2.22. The van der Waals surface area contributed by atoms with Gasteiger partial charge in [-0.3, -0.25) is 0 Å². The molecule has 7 heteroatoms. The fourth-order valence-corrected chi connectivity index (χ4v) is 3.53. The lowest BCUT2D eigenvalue weighted by Crippen LogP contribution is -2.42. The van der Waals surface area contributed by atoms with Gasteiger partial charge in [0.2, 0.25) is 10.0 Å². The van der Waals surface area contributed by atoms with Crippen molar-refractivity contribution in [3.8, 4) is 0 Å². The summed E-state index contributed by atoms with van der Waals surface area (Å²) in [5.41, 5.74) is 1.04. The Labute approximate surface area is 139 Å². The van der Waals surface area contributed by atoms with Crippen molar-refractivity contribution in [2.75, 3.05) is 24.7 Å². The second-order valence-electron chi connectivity index (χ2n) is 6.93. The predicted octanol–water partition coefficient (Wildman–Crippen LogP) is 2.56. The second kappa shape index (κ2) is 7.13. The molecule has 2 heterocycles. The SMILES string of the molecule is CC(C)c1cc(NC2CCN(S(C)(=O)=O)CC2)nc(C(C)C)n1. The number of hydrogen-bond acceptors (Lipinski definition) is 5. The molecule has 1 aromatic rings. The minimum absolute atomic E-state index is 0.253. The maximum atomic E-state index is 11.6. The van der Waals surface area contributed by atoms with Crippen molar-refractivity contribution in [2.24, 2.45) is 0 Å². The lowest BCUT2D eigenvalue weighted by molar-refractivity contribution is 0.331. The number of nitrogens with one attached hydrogen (secondary N) is 1. The standard InChI is InChI=1S/C16H28N4O2S/c1-11(2)14-10-15(19-16(18-14)12(3)4)17-13-6-8-20(9-7-13)23(5,21)22/h10-13H,6-9H2,1-5H3,(H,17,18,19). The van der Waals surface area contributed by atoms with Crippen LogP contribution >= 0.6 is 0 Å². The monoisotopic (exact) mass is 340 g/mol. The van der Waals surface area contributed by atoms with Crippen molar-refractivity contribution >= 4 is 15.8 Å². The van der Waals surface area contributed by atoms with E-state index in [4.69, 9.17) is 0 Å². The van der Waals surface area contributed by atoms with E-state index in [1.165, 1.54) is 6.26 Å². The van der Waals surface area contributed by atoms with Gasteiger partial charge in [0.15, 0.2) is 0 Å². The van der Waals surface area contributed by atoms with Gasteiger partial charge in [-0.15, -0.1) is 0 Å². The Morgan fingerprint density at radius 1 is 1.13 bits per heavy atom. The molecule has 6 nitrogen and oxygen atoms in total. The van der Waals surface area contributed by atoms with Crippen molar-refractivity contribution in [1.29, 1.82) is 0 Å². The Bertz CT molecular complexity index is 609. The van der Waals surface area contributed by atoms with Gasteiger partial charge in [-0.05, 0) is 18.8 Å². The quantitative estimate of drug-likeness (QED) is 0.891. The maximum absolute atomic E-state index is 11.6. The van der Waals surface area contributed by atoms with Crippen molar-refractivity contribution in [3.63, 3.8) is 0 Å². The first-order valence-electron chi connectivity index (χ1n) is 8.27. The van der Waals surface area contributed by atoms with Crippen LogP contribution in [0.4, 0.5) is 5.82 Å². The van der Waals surface area contributed by atoms with Crippen LogP contribution in [0.2, 0.25) is 0 Å². The number of piperidine rings is 1. The largest absolute Gasteiger partial charge is 0.367 e. The van der Waals surface area contributed by atoms with Crippen LogP contribution in [0, 0.1) is 0 Å². The molecule has 0 aromatic carbocycles. The summed E-state index contributed by atoms with van der Waals surface area (Å²) < 4.78 is 24.7. The molecule has 0 unspecified atom stereocenters. The Morgan fingerprint density at radius 3 is 2.22 bits per heavy atom. The van der Waals surface area contributed by atoms with E-state index < -0.39 is 10.0 Å². The average Bonchev–Trinajstić information content (AvgIpc) is 2.46. The van der Waals surface area contributed by atoms with Crippen molar-refractivity contribution in [2.45, 2.75) is 58.4 Å².